The van der Waals surface area contributed by atoms with Crippen LogP contribution in [0.5, 0.6) is 11.5 Å². The molecule has 0 spiro atoms. The maximum Gasteiger partial charge on any atom is 0.253 e. The van der Waals surface area contributed by atoms with Gasteiger partial charge in [-0.25, -0.2) is 0 Å². The van der Waals surface area contributed by atoms with Gasteiger partial charge < -0.3 is 14.7 Å². The first-order valence-corrected chi connectivity index (χ1v) is 10.1. The Morgan fingerprint density at radius 2 is 1.38 bits per heavy atom. The number of para-hydroxylation sites is 1. The van der Waals surface area contributed by atoms with Gasteiger partial charge in [0.15, 0.2) is 0 Å². The topological polar surface area (TPSA) is 49.8 Å². The van der Waals surface area contributed by atoms with Crippen molar-refractivity contribution in [3.05, 3.63) is 96.1 Å². The number of nitrogens with zero attached hydrogens (tertiary/aromatic N) is 1. The van der Waals surface area contributed by atoms with Crippen LogP contribution in [-0.2, 0) is 0 Å². The molecule has 1 amide bonds. The zero-order valence-electron chi connectivity index (χ0n) is 16.3. The first kappa shape index (κ1) is 19.2. The van der Waals surface area contributed by atoms with Gasteiger partial charge in [0, 0.05) is 18.7 Å². The van der Waals surface area contributed by atoms with Gasteiger partial charge in [0.2, 0.25) is 0 Å². The van der Waals surface area contributed by atoms with E-state index in [1.165, 1.54) is 0 Å². The summed E-state index contributed by atoms with van der Waals surface area (Å²) in [5.41, 5.74) is 1.61. The van der Waals surface area contributed by atoms with E-state index < -0.39 is 6.10 Å². The lowest BCUT2D eigenvalue weighted by atomic mass is 9.87. The second-order valence-electron chi connectivity index (χ2n) is 7.42. The molecule has 0 aromatic heterocycles. The van der Waals surface area contributed by atoms with E-state index in [2.05, 4.69) is 0 Å². The van der Waals surface area contributed by atoms with Crippen molar-refractivity contribution in [3.8, 4) is 11.5 Å². The average molecular weight is 387 g/mol. The summed E-state index contributed by atoms with van der Waals surface area (Å²) in [4.78, 5) is 14.7. The molecule has 1 fully saturated rings. The number of carbonyl (C=O) groups excluding carboxylic acids is 1. The van der Waals surface area contributed by atoms with Crippen LogP contribution < -0.4 is 4.74 Å². The number of carbonyl (C=O) groups is 1. The van der Waals surface area contributed by atoms with Gasteiger partial charge in [0.1, 0.15) is 11.5 Å². The summed E-state index contributed by atoms with van der Waals surface area (Å²) in [6.45, 7) is 1.32. The van der Waals surface area contributed by atoms with Crippen molar-refractivity contribution in [3.63, 3.8) is 0 Å². The Labute approximate surface area is 171 Å². The average Bonchev–Trinajstić information content (AvgIpc) is 2.80. The van der Waals surface area contributed by atoms with E-state index in [1.54, 1.807) is 0 Å². The molecule has 0 saturated carbocycles. The molecule has 0 radical (unpaired) electrons. The van der Waals surface area contributed by atoms with E-state index >= 15 is 0 Å². The maximum atomic E-state index is 12.8. The number of likely N-dealkylation sites (tertiary alicyclic amines) is 1. The maximum absolute atomic E-state index is 12.8. The minimum atomic E-state index is -0.470. The number of ether oxygens (including phenoxy) is 1. The van der Waals surface area contributed by atoms with Crippen molar-refractivity contribution in [1.29, 1.82) is 0 Å². The van der Waals surface area contributed by atoms with Crippen LogP contribution in [0.4, 0.5) is 0 Å². The molecule has 4 nitrogen and oxygen atoms in total. The molecule has 4 heteroatoms. The minimum Gasteiger partial charge on any atom is -0.457 e. The van der Waals surface area contributed by atoms with Gasteiger partial charge >= 0.3 is 0 Å². The zero-order chi connectivity index (χ0) is 20.1. The minimum absolute atomic E-state index is 0.0314. The normalized spacial score (nSPS) is 15.7. The van der Waals surface area contributed by atoms with Crippen molar-refractivity contribution in [2.45, 2.75) is 18.9 Å². The fraction of sp³-hybridized carbons (Fsp3) is 0.240. The Morgan fingerprint density at radius 3 is 2.00 bits per heavy atom. The van der Waals surface area contributed by atoms with Gasteiger partial charge in [0.05, 0.1) is 6.10 Å². The Bertz CT molecular complexity index is 917. The first-order chi connectivity index (χ1) is 14.2. The summed E-state index contributed by atoms with van der Waals surface area (Å²) in [6.07, 6.45) is 1.14. The molecule has 1 saturated heterocycles. The second kappa shape index (κ2) is 8.93. The number of hydrogen-bond donors (Lipinski definition) is 1. The predicted molar refractivity (Wildman–Crippen MR) is 113 cm³/mol. The van der Waals surface area contributed by atoms with Crippen molar-refractivity contribution in [1.82, 2.24) is 4.90 Å². The quantitative estimate of drug-likeness (QED) is 0.665. The van der Waals surface area contributed by atoms with Crippen LogP contribution in [-0.4, -0.2) is 29.0 Å². The lowest BCUT2D eigenvalue weighted by Crippen LogP contribution is -2.39. The molecular weight excluding hydrogens is 362 g/mol. The molecule has 1 atom stereocenters. The summed E-state index contributed by atoms with van der Waals surface area (Å²) in [5.74, 6) is 1.69. The van der Waals surface area contributed by atoms with Crippen LogP contribution in [0.2, 0.25) is 0 Å². The molecule has 1 N–H and O–H groups in total. The van der Waals surface area contributed by atoms with E-state index in [1.807, 2.05) is 89.8 Å². The highest BCUT2D eigenvalue weighted by atomic mass is 16.5. The highest BCUT2D eigenvalue weighted by Crippen LogP contribution is 2.31. The first-order valence-electron chi connectivity index (χ1n) is 10.1. The van der Waals surface area contributed by atoms with Gasteiger partial charge in [-0.15, -0.1) is 0 Å². The number of aliphatic hydroxyl groups is 1. The monoisotopic (exact) mass is 387 g/mol. The fourth-order valence-electron chi connectivity index (χ4n) is 3.81. The van der Waals surface area contributed by atoms with Crippen LogP contribution in [0.1, 0.15) is 34.9 Å². The van der Waals surface area contributed by atoms with Gasteiger partial charge in [-0.05, 0) is 60.7 Å². The number of rotatable bonds is 5. The molecule has 29 heavy (non-hydrogen) atoms. The standard InChI is InChI=1S/C25H25NO3/c27-24(19-7-3-1-4-8-19)20-15-17-26(18-16-20)25(28)21-11-13-23(14-12-21)29-22-9-5-2-6-10-22/h1-14,20,24,27H,15-18H2/t24-/m0/s1. The van der Waals surface area contributed by atoms with Crippen LogP contribution in [0.3, 0.4) is 0 Å². The fourth-order valence-corrected chi connectivity index (χ4v) is 3.81. The predicted octanol–water partition coefficient (Wildman–Crippen LogP) is 5.06. The van der Waals surface area contributed by atoms with Gasteiger partial charge in [-0.3, -0.25) is 4.79 Å². The Morgan fingerprint density at radius 1 is 0.828 bits per heavy atom. The molecule has 1 aliphatic rings. The molecular formula is C25H25NO3. The summed E-state index contributed by atoms with van der Waals surface area (Å²) < 4.78 is 5.79. The van der Waals surface area contributed by atoms with E-state index in [-0.39, 0.29) is 11.8 Å². The van der Waals surface area contributed by atoms with Gasteiger partial charge in [0.25, 0.3) is 5.91 Å². The molecule has 0 unspecified atom stereocenters. The third-order valence-electron chi connectivity index (χ3n) is 5.49. The number of piperidine rings is 1. The number of amides is 1. The largest absolute Gasteiger partial charge is 0.457 e. The number of hydrogen-bond acceptors (Lipinski definition) is 3. The Balaban J connectivity index is 1.33. The Kier molecular flexibility index (Phi) is 5.92. The third-order valence-corrected chi connectivity index (χ3v) is 5.49. The van der Waals surface area contributed by atoms with Crippen molar-refractivity contribution < 1.29 is 14.6 Å². The van der Waals surface area contributed by atoms with Crippen molar-refractivity contribution in [2.24, 2.45) is 5.92 Å². The Hall–Kier alpha value is -3.11. The molecule has 1 aliphatic heterocycles. The third kappa shape index (κ3) is 4.66. The smallest absolute Gasteiger partial charge is 0.253 e. The zero-order valence-corrected chi connectivity index (χ0v) is 16.3. The molecule has 0 bridgehead atoms. The second-order valence-corrected chi connectivity index (χ2v) is 7.42. The number of benzene rings is 3. The molecule has 4 rings (SSSR count). The van der Waals surface area contributed by atoms with Crippen molar-refractivity contribution >= 4 is 5.91 Å². The summed E-state index contributed by atoms with van der Waals surface area (Å²) in [7, 11) is 0. The van der Waals surface area contributed by atoms with Crippen LogP contribution in [0, 0.1) is 5.92 Å². The van der Waals surface area contributed by atoms with E-state index in [0.29, 0.717) is 24.4 Å². The molecule has 0 aliphatic carbocycles. The lowest BCUT2D eigenvalue weighted by Gasteiger charge is -2.34. The number of aliphatic hydroxyl groups excluding tert-OH is 1. The molecule has 3 aromatic carbocycles. The highest BCUT2D eigenvalue weighted by molar-refractivity contribution is 5.94. The van der Waals surface area contributed by atoms with Crippen LogP contribution >= 0.6 is 0 Å². The lowest BCUT2D eigenvalue weighted by molar-refractivity contribution is 0.0462. The highest BCUT2D eigenvalue weighted by Gasteiger charge is 2.28. The van der Waals surface area contributed by atoms with Crippen molar-refractivity contribution in [2.75, 3.05) is 13.1 Å². The summed E-state index contributed by atoms with van der Waals surface area (Å²) in [6, 6.07) is 26.6. The van der Waals surface area contributed by atoms with Gasteiger partial charge in [-0.1, -0.05) is 48.5 Å². The summed E-state index contributed by atoms with van der Waals surface area (Å²) in [5, 5.41) is 10.6. The summed E-state index contributed by atoms with van der Waals surface area (Å²) >= 11 is 0. The van der Waals surface area contributed by atoms with Gasteiger partial charge in [-0.2, -0.15) is 0 Å². The molecule has 3 aromatic rings. The van der Waals surface area contributed by atoms with E-state index in [4.69, 9.17) is 4.74 Å². The molecule has 1 heterocycles. The van der Waals surface area contributed by atoms with Crippen LogP contribution in [0.15, 0.2) is 84.9 Å². The SMILES string of the molecule is O=C(c1ccc(Oc2ccccc2)cc1)N1CCC([C@@H](O)c2ccccc2)CC1. The van der Waals surface area contributed by atoms with Crippen LogP contribution in [0.25, 0.3) is 0 Å². The van der Waals surface area contributed by atoms with E-state index in [9.17, 15) is 9.90 Å². The molecule has 148 valence electrons. The van der Waals surface area contributed by atoms with E-state index in [0.717, 1.165) is 24.2 Å².